The van der Waals surface area contributed by atoms with Crippen molar-refractivity contribution in [2.45, 2.75) is 44.9 Å². The van der Waals surface area contributed by atoms with Crippen LogP contribution in [-0.4, -0.2) is 52.7 Å². The van der Waals surface area contributed by atoms with Gasteiger partial charge in [-0.1, -0.05) is 30.3 Å². The van der Waals surface area contributed by atoms with Crippen molar-refractivity contribution in [2.75, 3.05) is 18.8 Å². The fourth-order valence-electron chi connectivity index (χ4n) is 5.71. The van der Waals surface area contributed by atoms with E-state index in [4.69, 9.17) is 5.73 Å². The maximum absolute atomic E-state index is 12.5. The number of piperidine rings is 1. The Bertz CT molecular complexity index is 1650. The minimum absolute atomic E-state index is 0.107. The third kappa shape index (κ3) is 5.71. The summed E-state index contributed by atoms with van der Waals surface area (Å²) >= 11 is 0. The average Bonchev–Trinajstić information content (AvgIpc) is 3.38. The third-order valence-electron chi connectivity index (χ3n) is 7.97. The molecule has 1 amide bonds. The molecule has 2 heterocycles. The largest absolute Gasteiger partial charge is 0.504 e. The Morgan fingerprint density at radius 3 is 2.38 bits per heavy atom. The predicted molar refractivity (Wildman–Crippen MR) is 157 cm³/mol. The van der Waals surface area contributed by atoms with E-state index in [9.17, 15) is 23.4 Å². The van der Waals surface area contributed by atoms with Gasteiger partial charge >= 0.3 is 0 Å². The highest BCUT2D eigenvalue weighted by Gasteiger charge is 2.29. The molecule has 5 rings (SSSR count). The number of phenolic OH excluding ortho intramolecular Hbond substituents is 2. The summed E-state index contributed by atoms with van der Waals surface area (Å²) in [5.41, 5.74) is 12.0. The highest BCUT2D eigenvalue weighted by atomic mass is 32.2. The summed E-state index contributed by atoms with van der Waals surface area (Å²) in [5, 5.41) is 20.2. The van der Waals surface area contributed by atoms with Gasteiger partial charge in [-0.25, -0.2) is 12.7 Å². The highest BCUT2D eigenvalue weighted by molar-refractivity contribution is 7.89. The normalized spacial score (nSPS) is 15.0. The zero-order chi connectivity index (χ0) is 28.4. The smallest absolute Gasteiger partial charge is 0.250 e. The molecule has 1 fully saturated rings. The molecule has 5 N–H and O–H groups in total. The summed E-state index contributed by atoms with van der Waals surface area (Å²) in [6, 6.07) is 17.1. The molecule has 0 spiro atoms. The number of amides is 1. The van der Waals surface area contributed by atoms with Gasteiger partial charge in [0, 0.05) is 24.7 Å². The summed E-state index contributed by atoms with van der Waals surface area (Å²) in [5.74, 6) is -0.448. The zero-order valence-corrected chi connectivity index (χ0v) is 23.4. The van der Waals surface area contributed by atoms with E-state index in [-0.39, 0.29) is 23.2 Å². The number of aromatic hydroxyl groups is 2. The number of H-pyrrole nitrogens is 1. The maximum Gasteiger partial charge on any atom is 0.250 e. The molecular formula is C31H35N3O5S. The molecule has 3 aromatic carbocycles. The second-order valence-electron chi connectivity index (χ2n) is 10.5. The molecule has 4 aromatic rings. The lowest BCUT2D eigenvalue weighted by Crippen LogP contribution is -2.38. The Kier molecular flexibility index (Phi) is 7.87. The molecule has 0 radical (unpaired) electrons. The Hall–Kier alpha value is -3.82. The van der Waals surface area contributed by atoms with Gasteiger partial charge in [0.25, 0.3) is 5.91 Å². The fraction of sp³-hybridized carbons (Fsp3) is 0.323. The Balaban J connectivity index is 1.39. The number of aryl methyl sites for hydroxylation is 2. The lowest BCUT2D eigenvalue weighted by molar-refractivity contribution is 0.100. The summed E-state index contributed by atoms with van der Waals surface area (Å²) < 4.78 is 26.2. The standard InChI is InChI=1S/C31H35N3O5S/c1-2-40(38,39)34-13-11-22(12-14-34)27-19-33-30-25(27)17-24(18-26(30)31(32)37)23-8-4-7-20(15-23)5-3-6-21-9-10-28(35)29(36)16-21/h4,7-10,15-19,22,33,35-36H,2-3,5-6,11-14H2,1H3,(H2,32,37). The van der Waals surface area contributed by atoms with E-state index in [1.165, 1.54) is 6.07 Å². The van der Waals surface area contributed by atoms with Crippen molar-refractivity contribution < 1.29 is 23.4 Å². The van der Waals surface area contributed by atoms with Gasteiger partial charge < -0.3 is 20.9 Å². The van der Waals surface area contributed by atoms with Crippen LogP contribution in [0.3, 0.4) is 0 Å². The quantitative estimate of drug-likeness (QED) is 0.212. The first kappa shape index (κ1) is 27.7. The van der Waals surface area contributed by atoms with Crippen LogP contribution < -0.4 is 5.73 Å². The first-order chi connectivity index (χ1) is 19.2. The minimum Gasteiger partial charge on any atom is -0.504 e. The van der Waals surface area contributed by atoms with Crippen molar-refractivity contribution in [1.82, 2.24) is 9.29 Å². The molecule has 8 nitrogen and oxygen atoms in total. The van der Waals surface area contributed by atoms with Crippen molar-refractivity contribution in [3.05, 3.63) is 83.0 Å². The number of sulfonamides is 1. The van der Waals surface area contributed by atoms with Crippen molar-refractivity contribution in [3.8, 4) is 22.6 Å². The number of nitrogens with two attached hydrogens (primary N) is 1. The van der Waals surface area contributed by atoms with Gasteiger partial charge in [-0.2, -0.15) is 0 Å². The number of aromatic nitrogens is 1. The van der Waals surface area contributed by atoms with Crippen molar-refractivity contribution >= 4 is 26.8 Å². The van der Waals surface area contributed by atoms with Crippen molar-refractivity contribution in [3.63, 3.8) is 0 Å². The molecule has 0 aliphatic carbocycles. The second-order valence-corrected chi connectivity index (χ2v) is 12.8. The summed E-state index contributed by atoms with van der Waals surface area (Å²) in [6.45, 7) is 2.65. The van der Waals surface area contributed by atoms with Gasteiger partial charge in [0.15, 0.2) is 11.5 Å². The third-order valence-corrected chi connectivity index (χ3v) is 9.85. The number of nitrogens with zero attached hydrogens (tertiary/aromatic N) is 1. The van der Waals surface area contributed by atoms with Gasteiger partial charge in [0.2, 0.25) is 10.0 Å². The highest BCUT2D eigenvalue weighted by Crippen LogP contribution is 2.37. The number of nitrogens with one attached hydrogen (secondary N) is 1. The van der Waals surface area contributed by atoms with Crippen molar-refractivity contribution in [1.29, 1.82) is 0 Å². The van der Waals surface area contributed by atoms with E-state index in [1.807, 2.05) is 30.5 Å². The monoisotopic (exact) mass is 561 g/mol. The molecule has 1 aliphatic rings. The lowest BCUT2D eigenvalue weighted by Gasteiger charge is -2.31. The predicted octanol–water partition coefficient (Wildman–Crippen LogP) is 5.05. The number of carbonyl (C=O) groups is 1. The van der Waals surface area contributed by atoms with Crippen LogP contribution in [0.2, 0.25) is 0 Å². The average molecular weight is 562 g/mol. The van der Waals surface area contributed by atoms with E-state index in [0.29, 0.717) is 24.2 Å². The summed E-state index contributed by atoms with van der Waals surface area (Å²) in [7, 11) is -3.20. The van der Waals surface area contributed by atoms with Crippen molar-refractivity contribution in [2.24, 2.45) is 5.73 Å². The van der Waals surface area contributed by atoms with Gasteiger partial charge in [0.1, 0.15) is 0 Å². The molecule has 0 unspecified atom stereocenters. The van der Waals surface area contributed by atoms with E-state index < -0.39 is 15.9 Å². The molecule has 0 atom stereocenters. The number of fused-ring (bicyclic) bond motifs is 1. The zero-order valence-electron chi connectivity index (χ0n) is 22.6. The van der Waals surface area contributed by atoms with E-state index >= 15 is 0 Å². The van der Waals surface area contributed by atoms with Crippen LogP contribution in [0.5, 0.6) is 11.5 Å². The van der Waals surface area contributed by atoms with Crippen LogP contribution >= 0.6 is 0 Å². The van der Waals surface area contributed by atoms with Gasteiger partial charge in [0.05, 0.1) is 16.8 Å². The molecule has 1 saturated heterocycles. The number of hydrogen-bond acceptors (Lipinski definition) is 5. The first-order valence-corrected chi connectivity index (χ1v) is 15.3. The van der Waals surface area contributed by atoms with E-state index in [2.05, 4.69) is 23.2 Å². The number of phenols is 2. The number of rotatable bonds is 9. The van der Waals surface area contributed by atoms with Crippen LogP contribution in [0.15, 0.2) is 60.8 Å². The second kappa shape index (κ2) is 11.3. The number of hydrogen-bond donors (Lipinski definition) is 4. The fourth-order valence-corrected chi connectivity index (χ4v) is 6.84. The van der Waals surface area contributed by atoms with Crippen LogP contribution in [0.4, 0.5) is 0 Å². The first-order valence-electron chi connectivity index (χ1n) is 13.7. The minimum atomic E-state index is -3.20. The number of primary amides is 1. The molecule has 210 valence electrons. The molecule has 1 aromatic heterocycles. The Morgan fingerprint density at radius 1 is 0.975 bits per heavy atom. The van der Waals surface area contributed by atoms with Crippen LogP contribution in [0.25, 0.3) is 22.0 Å². The molecule has 0 bridgehead atoms. The molecule has 0 saturated carbocycles. The topological polar surface area (TPSA) is 137 Å². The Labute approximate surface area is 234 Å². The van der Waals surface area contributed by atoms with E-state index in [1.54, 1.807) is 17.3 Å². The lowest BCUT2D eigenvalue weighted by atomic mass is 9.88. The van der Waals surface area contributed by atoms with Gasteiger partial charge in [-0.3, -0.25) is 4.79 Å². The molecule has 40 heavy (non-hydrogen) atoms. The van der Waals surface area contributed by atoms with Crippen LogP contribution in [0, 0.1) is 0 Å². The summed E-state index contributed by atoms with van der Waals surface area (Å²) in [6.07, 6.45) is 5.84. The van der Waals surface area contributed by atoms with Crippen LogP contribution in [-0.2, 0) is 22.9 Å². The maximum atomic E-state index is 12.5. The Morgan fingerprint density at radius 2 is 1.70 bits per heavy atom. The molecular weight excluding hydrogens is 526 g/mol. The number of carbonyl (C=O) groups excluding carboxylic acids is 1. The van der Waals surface area contributed by atoms with Gasteiger partial charge in [-0.05, 0) is 97.0 Å². The number of benzene rings is 3. The molecule has 1 aliphatic heterocycles. The SMILES string of the molecule is CCS(=O)(=O)N1CCC(c2c[nH]c3c(C(N)=O)cc(-c4cccc(CCCc5ccc(O)c(O)c5)c4)cc23)CC1. The van der Waals surface area contributed by atoms with Crippen LogP contribution in [0.1, 0.15) is 59.2 Å². The van der Waals surface area contributed by atoms with Gasteiger partial charge in [-0.15, -0.1) is 0 Å². The molecule has 9 heteroatoms. The summed E-state index contributed by atoms with van der Waals surface area (Å²) in [4.78, 5) is 15.7. The number of aromatic amines is 1. The van der Waals surface area contributed by atoms with E-state index in [0.717, 1.165) is 65.3 Å².